The van der Waals surface area contributed by atoms with E-state index in [2.05, 4.69) is 5.32 Å². The van der Waals surface area contributed by atoms with Crippen LogP contribution in [-0.2, 0) is 9.53 Å². The van der Waals surface area contributed by atoms with E-state index in [4.69, 9.17) is 4.74 Å². The molecule has 3 nitrogen and oxygen atoms in total. The van der Waals surface area contributed by atoms with Crippen LogP contribution in [0.15, 0.2) is 12.2 Å². The molecule has 1 heterocycles. The lowest BCUT2D eigenvalue weighted by Crippen LogP contribution is -2.27. The van der Waals surface area contributed by atoms with Crippen molar-refractivity contribution in [3.63, 3.8) is 0 Å². The lowest BCUT2D eigenvalue weighted by molar-refractivity contribution is -0.116. The normalized spacial score (nSPS) is 23.2. The number of carbonyl (C=O) groups is 1. The second-order valence-corrected chi connectivity index (χ2v) is 2.97. The summed E-state index contributed by atoms with van der Waals surface area (Å²) in [4.78, 5) is 11.0. The Hall–Kier alpha value is -0.830. The number of ether oxygens (including phenoxy) is 1. The summed E-state index contributed by atoms with van der Waals surface area (Å²) in [5, 5.41) is 2.82. The predicted molar refractivity (Wildman–Crippen MR) is 46.7 cm³/mol. The second-order valence-electron chi connectivity index (χ2n) is 2.97. The van der Waals surface area contributed by atoms with Crippen molar-refractivity contribution in [2.75, 3.05) is 19.8 Å². The van der Waals surface area contributed by atoms with E-state index in [1.54, 1.807) is 6.08 Å². The van der Waals surface area contributed by atoms with Gasteiger partial charge in [0.05, 0.1) is 6.61 Å². The van der Waals surface area contributed by atoms with Crippen molar-refractivity contribution in [3.05, 3.63) is 12.2 Å². The van der Waals surface area contributed by atoms with E-state index in [9.17, 15) is 4.79 Å². The first kappa shape index (κ1) is 9.26. The summed E-state index contributed by atoms with van der Waals surface area (Å²) in [5.41, 5.74) is 0. The maximum absolute atomic E-state index is 11.0. The minimum absolute atomic E-state index is 0.00981. The van der Waals surface area contributed by atoms with Gasteiger partial charge in [-0.15, -0.1) is 0 Å². The summed E-state index contributed by atoms with van der Waals surface area (Å²) in [6.07, 6.45) is 4.34. The fraction of sp³-hybridized carbons (Fsp3) is 0.667. The lowest BCUT2D eigenvalue weighted by atomic mass is 10.1. The number of nitrogens with one attached hydrogen (secondary N) is 1. The van der Waals surface area contributed by atoms with Gasteiger partial charge in [-0.05, 0) is 19.4 Å². The van der Waals surface area contributed by atoms with E-state index in [0.29, 0.717) is 5.92 Å². The molecule has 1 aliphatic heterocycles. The first-order chi connectivity index (χ1) is 5.83. The van der Waals surface area contributed by atoms with Crippen molar-refractivity contribution < 1.29 is 9.53 Å². The van der Waals surface area contributed by atoms with Crippen molar-refractivity contribution in [3.8, 4) is 0 Å². The Morgan fingerprint density at radius 1 is 1.75 bits per heavy atom. The highest BCUT2D eigenvalue weighted by Gasteiger charge is 2.15. The molecule has 1 rings (SSSR count). The van der Waals surface area contributed by atoms with Crippen molar-refractivity contribution in [2.45, 2.75) is 13.3 Å². The quantitative estimate of drug-likeness (QED) is 0.632. The molecule has 12 heavy (non-hydrogen) atoms. The van der Waals surface area contributed by atoms with Gasteiger partial charge in [0, 0.05) is 19.1 Å². The highest BCUT2D eigenvalue weighted by Crippen LogP contribution is 2.10. The van der Waals surface area contributed by atoms with Gasteiger partial charge in [0.25, 0.3) is 0 Å². The molecule has 0 radical (unpaired) electrons. The van der Waals surface area contributed by atoms with E-state index in [1.807, 2.05) is 6.92 Å². The summed E-state index contributed by atoms with van der Waals surface area (Å²) in [6, 6.07) is 0. The van der Waals surface area contributed by atoms with Gasteiger partial charge in [-0.1, -0.05) is 6.08 Å². The molecule has 68 valence electrons. The molecular weight excluding hydrogens is 154 g/mol. The average Bonchev–Trinajstić information content (AvgIpc) is 2.53. The molecule has 0 bridgehead atoms. The maximum atomic E-state index is 11.0. The number of hydrogen-bond donors (Lipinski definition) is 1. The van der Waals surface area contributed by atoms with Crippen LogP contribution in [0.3, 0.4) is 0 Å². The number of hydrogen-bond acceptors (Lipinski definition) is 2. The number of amides is 1. The van der Waals surface area contributed by atoms with Crippen molar-refractivity contribution in [1.82, 2.24) is 5.32 Å². The van der Waals surface area contributed by atoms with Crippen molar-refractivity contribution >= 4 is 5.91 Å². The largest absolute Gasteiger partial charge is 0.381 e. The molecule has 0 aromatic carbocycles. The molecule has 3 heteroatoms. The van der Waals surface area contributed by atoms with Gasteiger partial charge in [0.1, 0.15) is 0 Å². The zero-order valence-corrected chi connectivity index (χ0v) is 7.38. The second kappa shape index (κ2) is 4.93. The standard InChI is InChI=1S/C9H15NO2/c1-2-3-9(11)10-6-8-4-5-12-7-8/h2-3,8H,4-7H2,1H3,(H,10,11). The molecule has 0 spiro atoms. The SMILES string of the molecule is CC=CC(=O)NCC1CCOC1. The van der Waals surface area contributed by atoms with E-state index < -0.39 is 0 Å². The molecule has 1 atom stereocenters. The molecule has 1 aliphatic rings. The first-order valence-electron chi connectivity index (χ1n) is 4.31. The maximum Gasteiger partial charge on any atom is 0.243 e. The zero-order chi connectivity index (χ0) is 8.81. The first-order valence-corrected chi connectivity index (χ1v) is 4.31. The van der Waals surface area contributed by atoms with Crippen LogP contribution in [-0.4, -0.2) is 25.7 Å². The van der Waals surface area contributed by atoms with E-state index >= 15 is 0 Å². The summed E-state index contributed by atoms with van der Waals surface area (Å²) < 4.78 is 5.18. The number of rotatable bonds is 3. The highest BCUT2D eigenvalue weighted by molar-refractivity contribution is 5.87. The summed E-state index contributed by atoms with van der Waals surface area (Å²) in [7, 11) is 0. The molecule has 0 aromatic heterocycles. The minimum atomic E-state index is -0.00981. The Balaban J connectivity index is 2.11. The molecule has 1 unspecified atom stereocenters. The fourth-order valence-corrected chi connectivity index (χ4v) is 1.20. The summed E-state index contributed by atoms with van der Waals surface area (Å²) in [5.74, 6) is 0.503. The Bertz CT molecular complexity index is 171. The molecule has 0 aromatic rings. The molecule has 1 N–H and O–H groups in total. The van der Waals surface area contributed by atoms with Gasteiger partial charge >= 0.3 is 0 Å². The highest BCUT2D eigenvalue weighted by atomic mass is 16.5. The summed E-state index contributed by atoms with van der Waals surface area (Å²) >= 11 is 0. The van der Waals surface area contributed by atoms with Crippen LogP contribution in [0.25, 0.3) is 0 Å². The lowest BCUT2D eigenvalue weighted by Gasteiger charge is -2.06. The monoisotopic (exact) mass is 169 g/mol. The third-order valence-corrected chi connectivity index (χ3v) is 1.91. The third-order valence-electron chi connectivity index (χ3n) is 1.91. The van der Waals surface area contributed by atoms with Gasteiger partial charge in [-0.25, -0.2) is 0 Å². The van der Waals surface area contributed by atoms with Crippen LogP contribution in [0.4, 0.5) is 0 Å². The molecular formula is C9H15NO2. The van der Waals surface area contributed by atoms with E-state index in [-0.39, 0.29) is 5.91 Å². The van der Waals surface area contributed by atoms with Gasteiger partial charge in [-0.3, -0.25) is 4.79 Å². The Kier molecular flexibility index (Phi) is 3.80. The van der Waals surface area contributed by atoms with Crippen molar-refractivity contribution in [1.29, 1.82) is 0 Å². The molecule has 0 aliphatic carbocycles. The van der Waals surface area contributed by atoms with Crippen LogP contribution < -0.4 is 5.32 Å². The average molecular weight is 169 g/mol. The van der Waals surface area contributed by atoms with Crippen LogP contribution >= 0.6 is 0 Å². The van der Waals surface area contributed by atoms with Gasteiger partial charge in [-0.2, -0.15) is 0 Å². The fourth-order valence-electron chi connectivity index (χ4n) is 1.20. The van der Waals surface area contributed by atoms with E-state index in [0.717, 1.165) is 26.2 Å². The van der Waals surface area contributed by atoms with E-state index in [1.165, 1.54) is 6.08 Å². The minimum Gasteiger partial charge on any atom is -0.381 e. The van der Waals surface area contributed by atoms with Crippen LogP contribution in [0.5, 0.6) is 0 Å². The van der Waals surface area contributed by atoms with Crippen LogP contribution in [0.1, 0.15) is 13.3 Å². The topological polar surface area (TPSA) is 38.3 Å². The summed E-state index contributed by atoms with van der Waals surface area (Å²) in [6.45, 7) is 4.20. The third kappa shape index (κ3) is 3.05. The van der Waals surface area contributed by atoms with Crippen LogP contribution in [0.2, 0.25) is 0 Å². The van der Waals surface area contributed by atoms with Gasteiger partial charge in [0.2, 0.25) is 5.91 Å². The predicted octanol–water partition coefficient (Wildman–Crippen LogP) is 0.715. The van der Waals surface area contributed by atoms with Gasteiger partial charge < -0.3 is 10.1 Å². The van der Waals surface area contributed by atoms with Crippen LogP contribution in [0, 0.1) is 5.92 Å². The molecule has 0 saturated carbocycles. The molecule has 1 saturated heterocycles. The number of allylic oxidation sites excluding steroid dienone is 1. The smallest absolute Gasteiger partial charge is 0.243 e. The zero-order valence-electron chi connectivity index (χ0n) is 7.38. The molecule has 1 fully saturated rings. The van der Waals surface area contributed by atoms with Crippen molar-refractivity contribution in [2.24, 2.45) is 5.92 Å². The number of carbonyl (C=O) groups excluding carboxylic acids is 1. The Morgan fingerprint density at radius 3 is 3.17 bits per heavy atom. The Labute approximate surface area is 72.8 Å². The molecule has 1 amide bonds. The van der Waals surface area contributed by atoms with Gasteiger partial charge in [0.15, 0.2) is 0 Å². The Morgan fingerprint density at radius 2 is 2.58 bits per heavy atom.